The van der Waals surface area contributed by atoms with Crippen LogP contribution in [0.25, 0.3) is 5.69 Å². The number of carbonyl (C=O) groups is 1. The topological polar surface area (TPSA) is 124 Å². The van der Waals surface area contributed by atoms with Gasteiger partial charge in [-0.05, 0) is 49.2 Å². The maximum Gasteiger partial charge on any atom is 0.288 e. The predicted molar refractivity (Wildman–Crippen MR) is 115 cm³/mol. The first kappa shape index (κ1) is 21.0. The molecular weight excluding hydrogens is 444 g/mol. The number of nitro groups is 1. The molecule has 0 fully saturated rings. The summed E-state index contributed by atoms with van der Waals surface area (Å²) in [5, 5.41) is 18.2. The number of fused-ring (bicyclic) bond motifs is 1. The zero-order valence-corrected chi connectivity index (χ0v) is 18.1. The average Bonchev–Trinajstić information content (AvgIpc) is 3.16. The fraction of sp³-hybridized carbons (Fsp3) is 0.200. The predicted octanol–water partition coefficient (Wildman–Crippen LogP) is 3.73. The largest absolute Gasteiger partial charge is 0.306 e. The van der Waals surface area contributed by atoms with Gasteiger partial charge in [0.1, 0.15) is 10.8 Å². The van der Waals surface area contributed by atoms with Crippen LogP contribution in [0.3, 0.4) is 0 Å². The molecule has 9 nitrogen and oxygen atoms in total. The van der Waals surface area contributed by atoms with E-state index in [-0.39, 0.29) is 27.9 Å². The number of nitrogens with one attached hydrogen (secondary N) is 1. The second kappa shape index (κ2) is 7.47. The highest BCUT2D eigenvalue weighted by molar-refractivity contribution is 7.90. The van der Waals surface area contributed by atoms with Crippen molar-refractivity contribution in [2.75, 3.05) is 5.32 Å². The van der Waals surface area contributed by atoms with E-state index in [9.17, 15) is 23.3 Å². The molecule has 2 aromatic carbocycles. The molecule has 1 amide bonds. The first-order valence-electron chi connectivity index (χ1n) is 9.20. The van der Waals surface area contributed by atoms with Crippen molar-refractivity contribution in [1.82, 2.24) is 9.78 Å². The van der Waals surface area contributed by atoms with Crippen molar-refractivity contribution in [2.45, 2.75) is 25.4 Å². The molecule has 2 heterocycles. The van der Waals surface area contributed by atoms with Crippen LogP contribution in [-0.4, -0.2) is 29.0 Å². The molecule has 0 saturated carbocycles. The Morgan fingerprint density at radius 2 is 1.90 bits per heavy atom. The van der Waals surface area contributed by atoms with Crippen molar-refractivity contribution >= 4 is 38.9 Å². The third-order valence-electron chi connectivity index (χ3n) is 5.16. The van der Waals surface area contributed by atoms with Gasteiger partial charge in [0.15, 0.2) is 9.84 Å². The highest BCUT2D eigenvalue weighted by atomic mass is 35.5. The third kappa shape index (κ3) is 3.91. The van der Waals surface area contributed by atoms with Gasteiger partial charge in [-0.25, -0.2) is 13.1 Å². The lowest BCUT2D eigenvalue weighted by Crippen LogP contribution is -2.17. The summed E-state index contributed by atoms with van der Waals surface area (Å²) < 4.78 is 25.7. The monoisotopic (exact) mass is 460 g/mol. The zero-order chi connectivity index (χ0) is 22.5. The molecule has 0 saturated heterocycles. The number of sulfone groups is 1. The molecule has 0 aliphatic carbocycles. The number of aryl methyl sites for hydroxylation is 2. The number of nitro benzene ring substituents is 1. The molecule has 1 N–H and O–H groups in total. The van der Waals surface area contributed by atoms with Gasteiger partial charge in [0.25, 0.3) is 11.6 Å². The summed E-state index contributed by atoms with van der Waals surface area (Å²) in [6.07, 6.45) is 0. The van der Waals surface area contributed by atoms with Gasteiger partial charge in [-0.1, -0.05) is 17.7 Å². The van der Waals surface area contributed by atoms with Crippen molar-refractivity contribution in [1.29, 1.82) is 0 Å². The van der Waals surface area contributed by atoms with Crippen LogP contribution in [-0.2, 0) is 21.3 Å². The van der Waals surface area contributed by atoms with Crippen LogP contribution in [0.15, 0.2) is 36.4 Å². The fourth-order valence-corrected chi connectivity index (χ4v) is 5.07. The molecule has 0 radical (unpaired) electrons. The minimum absolute atomic E-state index is 0.0125. The van der Waals surface area contributed by atoms with E-state index in [1.54, 1.807) is 0 Å². The Morgan fingerprint density at radius 3 is 2.58 bits per heavy atom. The number of amides is 1. The lowest BCUT2D eigenvalue weighted by Gasteiger charge is -2.12. The van der Waals surface area contributed by atoms with Gasteiger partial charge < -0.3 is 5.32 Å². The van der Waals surface area contributed by atoms with Gasteiger partial charge in [-0.15, -0.1) is 0 Å². The van der Waals surface area contributed by atoms with Gasteiger partial charge >= 0.3 is 0 Å². The molecule has 1 aliphatic rings. The normalized spacial score (nSPS) is 14.3. The van der Waals surface area contributed by atoms with Gasteiger partial charge in [0.05, 0.1) is 27.8 Å². The Kier molecular flexibility index (Phi) is 5.06. The maximum atomic E-state index is 12.9. The molecule has 4 rings (SSSR count). The Bertz CT molecular complexity index is 1360. The minimum atomic E-state index is -3.36. The van der Waals surface area contributed by atoms with Crippen LogP contribution >= 0.6 is 11.6 Å². The molecule has 3 aromatic rings. The molecular formula is C20H17ClN4O5S. The van der Waals surface area contributed by atoms with E-state index < -0.39 is 26.4 Å². The van der Waals surface area contributed by atoms with Gasteiger partial charge in [0.2, 0.25) is 0 Å². The van der Waals surface area contributed by atoms with E-state index in [2.05, 4.69) is 10.4 Å². The average molecular weight is 461 g/mol. The second-order valence-corrected chi connectivity index (χ2v) is 9.84. The summed E-state index contributed by atoms with van der Waals surface area (Å²) >= 11 is 5.83. The van der Waals surface area contributed by atoms with E-state index in [0.717, 1.165) is 17.2 Å². The van der Waals surface area contributed by atoms with Crippen molar-refractivity contribution in [3.05, 3.63) is 79.5 Å². The van der Waals surface area contributed by atoms with Gasteiger partial charge in [0, 0.05) is 17.2 Å². The molecule has 0 unspecified atom stereocenters. The number of aromatic nitrogens is 2. The number of carbonyl (C=O) groups excluding carboxylic acids is 1. The van der Waals surface area contributed by atoms with Gasteiger partial charge in [-0.3, -0.25) is 14.9 Å². The molecule has 11 heteroatoms. The first-order chi connectivity index (χ1) is 14.6. The van der Waals surface area contributed by atoms with E-state index in [0.29, 0.717) is 16.9 Å². The van der Waals surface area contributed by atoms with Crippen molar-refractivity contribution in [2.24, 2.45) is 0 Å². The molecule has 0 bridgehead atoms. The van der Waals surface area contributed by atoms with Crippen molar-refractivity contribution in [3.63, 3.8) is 0 Å². The number of benzene rings is 2. The Labute approximate surface area is 182 Å². The summed E-state index contributed by atoms with van der Waals surface area (Å²) in [6.45, 7) is 3.90. The second-order valence-electron chi connectivity index (χ2n) is 7.36. The standard InChI is InChI=1S/C20H17ClN4O5S/c1-11-3-5-14(7-12(11)2)24-19(15-9-31(29,30)10-17(15)23-24)22-20(26)13-4-6-16(21)18(8-13)25(27)28/h3-8H,9-10H2,1-2H3,(H,22,26). The lowest BCUT2D eigenvalue weighted by molar-refractivity contribution is -0.384. The van der Waals surface area contributed by atoms with Gasteiger partial charge in [-0.2, -0.15) is 5.10 Å². The van der Waals surface area contributed by atoms with E-state index in [1.165, 1.54) is 16.8 Å². The van der Waals surface area contributed by atoms with Crippen LogP contribution < -0.4 is 5.32 Å². The number of hydrogen-bond donors (Lipinski definition) is 1. The molecule has 0 spiro atoms. The Balaban J connectivity index is 1.79. The van der Waals surface area contributed by atoms with Crippen LogP contribution in [0.5, 0.6) is 0 Å². The summed E-state index contributed by atoms with van der Waals surface area (Å²) in [7, 11) is -3.36. The Morgan fingerprint density at radius 1 is 1.16 bits per heavy atom. The summed E-state index contributed by atoms with van der Waals surface area (Å²) in [5.41, 5.74) is 3.14. The lowest BCUT2D eigenvalue weighted by atomic mass is 10.1. The zero-order valence-electron chi connectivity index (χ0n) is 16.5. The van der Waals surface area contributed by atoms with E-state index in [4.69, 9.17) is 11.6 Å². The number of nitrogens with zero attached hydrogens (tertiary/aromatic N) is 3. The summed E-state index contributed by atoms with van der Waals surface area (Å²) in [6, 6.07) is 9.31. The number of rotatable bonds is 4. The molecule has 1 aromatic heterocycles. The van der Waals surface area contributed by atoms with E-state index >= 15 is 0 Å². The molecule has 0 atom stereocenters. The smallest absolute Gasteiger partial charge is 0.288 e. The van der Waals surface area contributed by atoms with Crippen molar-refractivity contribution < 1.29 is 18.1 Å². The summed E-state index contributed by atoms with van der Waals surface area (Å²) in [4.78, 5) is 23.4. The van der Waals surface area contributed by atoms with Crippen LogP contribution in [0.4, 0.5) is 11.5 Å². The SMILES string of the molecule is Cc1ccc(-n2nc3c(c2NC(=O)c2ccc(Cl)c([N+](=O)[O-])c2)CS(=O)(=O)C3)cc1C. The van der Waals surface area contributed by atoms with Crippen LogP contribution in [0.2, 0.25) is 5.02 Å². The number of anilines is 1. The first-order valence-corrected chi connectivity index (χ1v) is 11.4. The fourth-order valence-electron chi connectivity index (χ4n) is 3.39. The molecule has 160 valence electrons. The Hall–Kier alpha value is -3.24. The van der Waals surface area contributed by atoms with Crippen LogP contribution in [0.1, 0.15) is 32.7 Å². The number of hydrogen-bond acceptors (Lipinski definition) is 6. The highest BCUT2D eigenvalue weighted by Gasteiger charge is 2.33. The highest BCUT2D eigenvalue weighted by Crippen LogP contribution is 2.34. The molecule has 1 aliphatic heterocycles. The van der Waals surface area contributed by atoms with Crippen LogP contribution in [0, 0.1) is 24.0 Å². The molecule has 31 heavy (non-hydrogen) atoms. The maximum absolute atomic E-state index is 12.9. The minimum Gasteiger partial charge on any atom is -0.306 e. The van der Waals surface area contributed by atoms with Crippen molar-refractivity contribution in [3.8, 4) is 5.69 Å². The number of halogens is 1. The quantitative estimate of drug-likeness (QED) is 0.467. The van der Waals surface area contributed by atoms with E-state index in [1.807, 2.05) is 32.0 Å². The summed E-state index contributed by atoms with van der Waals surface area (Å²) in [5.74, 6) is -0.877. The third-order valence-corrected chi connectivity index (χ3v) is 6.92.